The smallest absolute Gasteiger partial charge is 0.0954 e. The Morgan fingerprint density at radius 3 is 2.77 bits per heavy atom. The van der Waals surface area contributed by atoms with Crippen LogP contribution in [0.1, 0.15) is 21.4 Å². The quantitative estimate of drug-likeness (QED) is 0.796. The summed E-state index contributed by atoms with van der Waals surface area (Å²) in [6, 6.07) is 6.01. The van der Waals surface area contributed by atoms with Crippen LogP contribution in [0.5, 0.6) is 0 Å². The number of hydrogen-bond donors (Lipinski definition) is 1. The minimum Gasteiger partial charge on any atom is -0.472 e. The lowest BCUT2D eigenvalue weighted by molar-refractivity contribution is 0.562. The fraction of sp³-hybridized carbons (Fsp3) is 0.200. The average Bonchev–Trinajstić information content (AvgIpc) is 2.72. The van der Waals surface area contributed by atoms with Crippen molar-refractivity contribution in [2.45, 2.75) is 13.0 Å². The standard InChI is InChI=1S/C10H11NOS/c1-7-2-3-9(13-7)10(11)8-4-5-12-6-8/h2-6,10H,11H2,1H3. The van der Waals surface area contributed by atoms with Crippen LogP contribution in [-0.4, -0.2) is 0 Å². The first-order chi connectivity index (χ1) is 6.27. The molecule has 0 aromatic carbocycles. The highest BCUT2D eigenvalue weighted by Crippen LogP contribution is 2.26. The van der Waals surface area contributed by atoms with Crippen molar-refractivity contribution in [3.8, 4) is 0 Å². The molecule has 2 nitrogen and oxygen atoms in total. The predicted octanol–water partition coefficient (Wildman–Crippen LogP) is 2.70. The summed E-state index contributed by atoms with van der Waals surface area (Å²) in [6.45, 7) is 2.08. The van der Waals surface area contributed by atoms with Crippen molar-refractivity contribution in [1.82, 2.24) is 0 Å². The van der Waals surface area contributed by atoms with Gasteiger partial charge in [-0.05, 0) is 25.1 Å². The number of aryl methyl sites for hydroxylation is 1. The molecule has 0 aliphatic heterocycles. The van der Waals surface area contributed by atoms with Crippen molar-refractivity contribution < 1.29 is 4.42 Å². The Labute approximate surface area is 81.0 Å². The molecule has 0 fully saturated rings. The van der Waals surface area contributed by atoms with Crippen LogP contribution in [-0.2, 0) is 0 Å². The summed E-state index contributed by atoms with van der Waals surface area (Å²) in [7, 11) is 0. The molecule has 1 atom stereocenters. The molecule has 0 saturated carbocycles. The van der Waals surface area contributed by atoms with Crippen molar-refractivity contribution in [2.75, 3.05) is 0 Å². The molecule has 0 saturated heterocycles. The zero-order chi connectivity index (χ0) is 9.26. The summed E-state index contributed by atoms with van der Waals surface area (Å²) < 4.78 is 4.99. The zero-order valence-corrected chi connectivity index (χ0v) is 8.17. The Balaban J connectivity index is 2.28. The zero-order valence-electron chi connectivity index (χ0n) is 7.36. The molecule has 2 aromatic rings. The number of furan rings is 1. The topological polar surface area (TPSA) is 39.2 Å². The molecule has 1 unspecified atom stereocenters. The predicted molar refractivity (Wildman–Crippen MR) is 53.8 cm³/mol. The third kappa shape index (κ3) is 1.66. The van der Waals surface area contributed by atoms with E-state index in [2.05, 4.69) is 19.1 Å². The number of rotatable bonds is 2. The van der Waals surface area contributed by atoms with Gasteiger partial charge in [0.1, 0.15) is 0 Å². The number of nitrogens with two attached hydrogens (primary N) is 1. The van der Waals surface area contributed by atoms with Gasteiger partial charge in [-0.15, -0.1) is 11.3 Å². The lowest BCUT2D eigenvalue weighted by atomic mass is 10.1. The van der Waals surface area contributed by atoms with Gasteiger partial charge in [0, 0.05) is 15.3 Å². The van der Waals surface area contributed by atoms with Crippen LogP contribution in [0.2, 0.25) is 0 Å². The second kappa shape index (κ2) is 3.36. The van der Waals surface area contributed by atoms with E-state index in [1.807, 2.05) is 6.07 Å². The first-order valence-corrected chi connectivity index (χ1v) is 4.93. The molecule has 0 spiro atoms. The second-order valence-electron chi connectivity index (χ2n) is 2.98. The highest BCUT2D eigenvalue weighted by molar-refractivity contribution is 7.12. The summed E-state index contributed by atoms with van der Waals surface area (Å²) >= 11 is 1.73. The molecule has 0 amide bonds. The summed E-state index contributed by atoms with van der Waals surface area (Å²) in [5.74, 6) is 0. The van der Waals surface area contributed by atoms with Crippen LogP contribution in [0.15, 0.2) is 35.1 Å². The first kappa shape index (κ1) is 8.53. The van der Waals surface area contributed by atoms with E-state index in [1.165, 1.54) is 9.75 Å². The maximum Gasteiger partial charge on any atom is 0.0954 e. The molecule has 0 bridgehead atoms. The van der Waals surface area contributed by atoms with E-state index in [4.69, 9.17) is 10.2 Å². The molecule has 0 radical (unpaired) electrons. The van der Waals surface area contributed by atoms with Gasteiger partial charge in [-0.25, -0.2) is 0 Å². The van der Waals surface area contributed by atoms with Gasteiger partial charge in [-0.1, -0.05) is 0 Å². The number of thiophene rings is 1. The molecule has 2 N–H and O–H groups in total. The molecular formula is C10H11NOS. The molecule has 2 rings (SSSR count). The van der Waals surface area contributed by atoms with Crippen molar-refractivity contribution >= 4 is 11.3 Å². The Hall–Kier alpha value is -1.06. The van der Waals surface area contributed by atoms with E-state index in [0.717, 1.165) is 5.56 Å². The van der Waals surface area contributed by atoms with Crippen LogP contribution in [0, 0.1) is 6.92 Å². The minimum atomic E-state index is -0.0440. The lowest BCUT2D eigenvalue weighted by Crippen LogP contribution is -2.08. The van der Waals surface area contributed by atoms with E-state index in [-0.39, 0.29) is 6.04 Å². The van der Waals surface area contributed by atoms with Crippen LogP contribution in [0.4, 0.5) is 0 Å². The molecule has 13 heavy (non-hydrogen) atoms. The van der Waals surface area contributed by atoms with Crippen molar-refractivity contribution in [3.63, 3.8) is 0 Å². The van der Waals surface area contributed by atoms with Crippen molar-refractivity contribution in [1.29, 1.82) is 0 Å². The van der Waals surface area contributed by atoms with Crippen LogP contribution in [0.25, 0.3) is 0 Å². The van der Waals surface area contributed by atoms with Gasteiger partial charge >= 0.3 is 0 Å². The van der Waals surface area contributed by atoms with Gasteiger partial charge in [-0.3, -0.25) is 0 Å². The lowest BCUT2D eigenvalue weighted by Gasteiger charge is -2.05. The van der Waals surface area contributed by atoms with Gasteiger partial charge < -0.3 is 10.2 Å². The monoisotopic (exact) mass is 193 g/mol. The Morgan fingerprint density at radius 1 is 1.38 bits per heavy atom. The second-order valence-corrected chi connectivity index (χ2v) is 4.30. The SMILES string of the molecule is Cc1ccc(C(N)c2ccoc2)s1. The summed E-state index contributed by atoms with van der Waals surface area (Å²) in [5, 5.41) is 0. The molecule has 2 aromatic heterocycles. The van der Waals surface area contributed by atoms with Crippen molar-refractivity contribution in [2.24, 2.45) is 5.73 Å². The molecule has 68 valence electrons. The summed E-state index contributed by atoms with van der Waals surface area (Å²) in [5.41, 5.74) is 7.05. The van der Waals surface area contributed by atoms with Gasteiger partial charge in [0.05, 0.1) is 18.6 Å². The van der Waals surface area contributed by atoms with Gasteiger partial charge in [0.15, 0.2) is 0 Å². The molecule has 0 aliphatic carbocycles. The van der Waals surface area contributed by atoms with Crippen LogP contribution >= 0.6 is 11.3 Å². The normalized spacial score (nSPS) is 13.1. The third-order valence-corrected chi connectivity index (χ3v) is 3.05. The fourth-order valence-corrected chi connectivity index (χ4v) is 2.14. The molecule has 3 heteroatoms. The summed E-state index contributed by atoms with van der Waals surface area (Å²) in [6.07, 6.45) is 3.34. The maximum atomic E-state index is 6.02. The van der Waals surface area contributed by atoms with E-state index < -0.39 is 0 Å². The highest BCUT2D eigenvalue weighted by atomic mass is 32.1. The molecule has 0 aliphatic rings. The Morgan fingerprint density at radius 2 is 2.23 bits per heavy atom. The average molecular weight is 193 g/mol. The van der Waals surface area contributed by atoms with Crippen molar-refractivity contribution in [3.05, 3.63) is 46.0 Å². The number of hydrogen-bond acceptors (Lipinski definition) is 3. The third-order valence-electron chi connectivity index (χ3n) is 1.97. The fourth-order valence-electron chi connectivity index (χ4n) is 1.24. The highest BCUT2D eigenvalue weighted by Gasteiger charge is 2.11. The van der Waals surface area contributed by atoms with Gasteiger partial charge in [0.2, 0.25) is 0 Å². The van der Waals surface area contributed by atoms with Crippen LogP contribution in [0.3, 0.4) is 0 Å². The van der Waals surface area contributed by atoms with E-state index >= 15 is 0 Å². The Kier molecular flexibility index (Phi) is 2.20. The van der Waals surface area contributed by atoms with Crippen LogP contribution < -0.4 is 5.73 Å². The summed E-state index contributed by atoms with van der Waals surface area (Å²) in [4.78, 5) is 2.47. The molecular weight excluding hydrogens is 182 g/mol. The minimum absolute atomic E-state index is 0.0440. The first-order valence-electron chi connectivity index (χ1n) is 4.11. The molecule has 2 heterocycles. The van der Waals surface area contributed by atoms with Gasteiger partial charge in [0.25, 0.3) is 0 Å². The van der Waals surface area contributed by atoms with E-state index in [1.54, 1.807) is 23.9 Å². The maximum absolute atomic E-state index is 6.02. The van der Waals surface area contributed by atoms with E-state index in [0.29, 0.717) is 0 Å². The Bertz CT molecular complexity index is 377. The van der Waals surface area contributed by atoms with E-state index in [9.17, 15) is 0 Å². The largest absolute Gasteiger partial charge is 0.472 e. The van der Waals surface area contributed by atoms with Gasteiger partial charge in [-0.2, -0.15) is 0 Å².